The van der Waals surface area contributed by atoms with E-state index in [1.165, 1.54) is 0 Å². The summed E-state index contributed by atoms with van der Waals surface area (Å²) < 4.78 is 5.98. The number of ether oxygens (including phenoxy) is 1. The molecule has 1 heterocycles. The molecule has 0 saturated carbocycles. The van der Waals surface area contributed by atoms with Crippen LogP contribution in [-0.4, -0.2) is 53.5 Å². The summed E-state index contributed by atoms with van der Waals surface area (Å²) in [5.41, 5.74) is 1.80. The highest BCUT2D eigenvalue weighted by Crippen LogP contribution is 2.24. The van der Waals surface area contributed by atoms with E-state index in [1.54, 1.807) is 17.1 Å². The van der Waals surface area contributed by atoms with Gasteiger partial charge in [-0.25, -0.2) is 0 Å². The molecular formula is C32H40N2O5. The number of nitrogens with one attached hydrogen (secondary N) is 1. The lowest BCUT2D eigenvalue weighted by Gasteiger charge is -2.26. The SMILES string of the molecule is C=CCC(CC(=O)N1CCCC1CO)C(=O)NCC(OC(=O)C(CC=C)Cc1ccccc1)c1ccccc1. The second-order valence-electron chi connectivity index (χ2n) is 9.98. The molecule has 7 heteroatoms. The maximum atomic E-state index is 13.3. The Morgan fingerprint density at radius 3 is 2.28 bits per heavy atom. The fourth-order valence-corrected chi connectivity index (χ4v) is 5.00. The van der Waals surface area contributed by atoms with Crippen molar-refractivity contribution in [3.8, 4) is 0 Å². The molecule has 39 heavy (non-hydrogen) atoms. The zero-order chi connectivity index (χ0) is 28.0. The standard InChI is InChI=1S/C32H40N2O5/c1-3-12-26(21-30(36)34-19-11-18-28(34)23-35)31(37)33-22-29(25-16-9-6-10-17-25)39-32(38)27(13-4-2)20-24-14-7-5-8-15-24/h3-10,14-17,26-29,35H,1-2,11-13,18-23H2,(H,33,37). The smallest absolute Gasteiger partial charge is 0.310 e. The Balaban J connectivity index is 1.68. The van der Waals surface area contributed by atoms with Crippen molar-refractivity contribution in [2.75, 3.05) is 19.7 Å². The Morgan fingerprint density at radius 2 is 1.64 bits per heavy atom. The number of allylic oxidation sites excluding steroid dienone is 2. The van der Waals surface area contributed by atoms with E-state index >= 15 is 0 Å². The van der Waals surface area contributed by atoms with Crippen molar-refractivity contribution < 1.29 is 24.2 Å². The van der Waals surface area contributed by atoms with E-state index < -0.39 is 17.9 Å². The third-order valence-electron chi connectivity index (χ3n) is 7.15. The van der Waals surface area contributed by atoms with E-state index in [-0.39, 0.29) is 43.4 Å². The highest BCUT2D eigenvalue weighted by molar-refractivity contribution is 5.86. The number of hydrogen-bond acceptors (Lipinski definition) is 5. The van der Waals surface area contributed by atoms with Crippen LogP contribution in [0, 0.1) is 11.8 Å². The minimum atomic E-state index is -0.692. The Hall–Kier alpha value is -3.71. The number of hydrogen-bond donors (Lipinski definition) is 2. The summed E-state index contributed by atoms with van der Waals surface area (Å²) in [6, 6.07) is 18.9. The molecule has 0 radical (unpaired) electrons. The first-order valence-electron chi connectivity index (χ1n) is 13.7. The Bertz CT molecular complexity index is 1090. The van der Waals surface area contributed by atoms with Gasteiger partial charge >= 0.3 is 5.97 Å². The number of benzene rings is 2. The molecule has 1 aliphatic rings. The summed E-state index contributed by atoms with van der Waals surface area (Å²) >= 11 is 0. The fraction of sp³-hybridized carbons (Fsp3) is 0.406. The summed E-state index contributed by atoms with van der Waals surface area (Å²) in [5, 5.41) is 12.5. The van der Waals surface area contributed by atoms with Gasteiger partial charge in [0.05, 0.1) is 31.0 Å². The molecule has 0 aliphatic carbocycles. The molecule has 2 aromatic rings. The summed E-state index contributed by atoms with van der Waals surface area (Å²) in [7, 11) is 0. The first kappa shape index (κ1) is 29.8. The summed E-state index contributed by atoms with van der Waals surface area (Å²) in [5.74, 6) is -1.81. The largest absolute Gasteiger partial charge is 0.455 e. The van der Waals surface area contributed by atoms with Crippen molar-refractivity contribution in [2.45, 2.75) is 50.7 Å². The average Bonchev–Trinajstić information content (AvgIpc) is 3.45. The molecule has 2 amide bonds. The van der Waals surface area contributed by atoms with Gasteiger partial charge in [0.1, 0.15) is 6.10 Å². The number of rotatable bonds is 15. The molecular weight excluding hydrogens is 492 g/mol. The van der Waals surface area contributed by atoms with Gasteiger partial charge in [-0.1, -0.05) is 72.8 Å². The Morgan fingerprint density at radius 1 is 1.00 bits per heavy atom. The molecule has 1 aliphatic heterocycles. The fourth-order valence-electron chi connectivity index (χ4n) is 5.00. The number of likely N-dealkylation sites (tertiary alicyclic amines) is 1. The minimum Gasteiger partial charge on any atom is -0.455 e. The van der Waals surface area contributed by atoms with Crippen LogP contribution in [0.5, 0.6) is 0 Å². The van der Waals surface area contributed by atoms with Crippen molar-refractivity contribution >= 4 is 17.8 Å². The summed E-state index contributed by atoms with van der Waals surface area (Å²) in [6.07, 6.45) is 5.62. The lowest BCUT2D eigenvalue weighted by molar-refractivity contribution is -0.154. The van der Waals surface area contributed by atoms with Crippen LogP contribution in [0.1, 0.15) is 49.3 Å². The minimum absolute atomic E-state index is 0.0304. The third-order valence-corrected chi connectivity index (χ3v) is 7.15. The van der Waals surface area contributed by atoms with E-state index in [0.717, 1.165) is 24.0 Å². The quantitative estimate of drug-likeness (QED) is 0.262. The maximum Gasteiger partial charge on any atom is 0.310 e. The summed E-state index contributed by atoms with van der Waals surface area (Å²) in [4.78, 5) is 41.1. The van der Waals surface area contributed by atoms with Gasteiger partial charge in [-0.3, -0.25) is 14.4 Å². The first-order chi connectivity index (χ1) is 19.0. The average molecular weight is 533 g/mol. The molecule has 4 unspecified atom stereocenters. The van der Waals surface area contributed by atoms with Gasteiger partial charge in [-0.15, -0.1) is 13.2 Å². The highest BCUT2D eigenvalue weighted by atomic mass is 16.5. The van der Waals surface area contributed by atoms with Crippen molar-refractivity contribution in [1.29, 1.82) is 0 Å². The van der Waals surface area contributed by atoms with Gasteiger partial charge < -0.3 is 20.1 Å². The molecule has 1 fully saturated rings. The molecule has 2 aromatic carbocycles. The van der Waals surface area contributed by atoms with E-state index in [9.17, 15) is 19.5 Å². The monoisotopic (exact) mass is 532 g/mol. The van der Waals surface area contributed by atoms with Gasteiger partial charge in [-0.2, -0.15) is 0 Å². The normalized spacial score (nSPS) is 17.1. The molecule has 0 spiro atoms. The number of nitrogens with zero attached hydrogens (tertiary/aromatic N) is 1. The zero-order valence-corrected chi connectivity index (χ0v) is 22.5. The number of aliphatic hydroxyl groups excluding tert-OH is 1. The third kappa shape index (κ3) is 8.93. The molecule has 208 valence electrons. The van der Waals surface area contributed by atoms with Crippen molar-refractivity contribution in [1.82, 2.24) is 10.2 Å². The van der Waals surface area contributed by atoms with Crippen LogP contribution >= 0.6 is 0 Å². The Kier molecular flexibility index (Phi) is 12.0. The maximum absolute atomic E-state index is 13.3. The second-order valence-corrected chi connectivity index (χ2v) is 9.98. The van der Waals surface area contributed by atoms with Gasteiger partial charge in [-0.05, 0) is 43.2 Å². The molecule has 1 saturated heterocycles. The van der Waals surface area contributed by atoms with E-state index in [4.69, 9.17) is 4.74 Å². The van der Waals surface area contributed by atoms with Crippen LogP contribution in [0.3, 0.4) is 0 Å². The summed E-state index contributed by atoms with van der Waals surface area (Å²) in [6.45, 7) is 8.14. The van der Waals surface area contributed by atoms with Crippen LogP contribution < -0.4 is 5.32 Å². The van der Waals surface area contributed by atoms with E-state index in [0.29, 0.717) is 25.8 Å². The van der Waals surface area contributed by atoms with Crippen molar-refractivity contribution in [2.24, 2.45) is 11.8 Å². The van der Waals surface area contributed by atoms with Gasteiger partial charge in [0, 0.05) is 13.0 Å². The number of carbonyl (C=O) groups excluding carboxylic acids is 3. The lowest BCUT2D eigenvalue weighted by atomic mass is 9.96. The van der Waals surface area contributed by atoms with Crippen LogP contribution in [0.25, 0.3) is 0 Å². The van der Waals surface area contributed by atoms with Crippen LogP contribution in [-0.2, 0) is 25.5 Å². The van der Waals surface area contributed by atoms with Crippen LogP contribution in [0.2, 0.25) is 0 Å². The molecule has 4 atom stereocenters. The number of esters is 1. The van der Waals surface area contributed by atoms with Gasteiger partial charge in [0.2, 0.25) is 11.8 Å². The van der Waals surface area contributed by atoms with Crippen molar-refractivity contribution in [3.05, 3.63) is 97.1 Å². The first-order valence-corrected chi connectivity index (χ1v) is 13.7. The van der Waals surface area contributed by atoms with Crippen LogP contribution in [0.4, 0.5) is 0 Å². The highest BCUT2D eigenvalue weighted by Gasteiger charge is 2.31. The topological polar surface area (TPSA) is 95.9 Å². The predicted molar refractivity (Wildman–Crippen MR) is 151 cm³/mol. The number of amides is 2. The zero-order valence-electron chi connectivity index (χ0n) is 22.5. The second kappa shape index (κ2) is 15.6. The lowest BCUT2D eigenvalue weighted by Crippen LogP contribution is -2.41. The van der Waals surface area contributed by atoms with Gasteiger partial charge in [0.25, 0.3) is 0 Å². The van der Waals surface area contributed by atoms with Gasteiger partial charge in [0.15, 0.2) is 0 Å². The molecule has 2 N–H and O–H groups in total. The number of carbonyl (C=O) groups is 3. The Labute approximate surface area is 231 Å². The molecule has 3 rings (SSSR count). The molecule has 7 nitrogen and oxygen atoms in total. The molecule has 0 bridgehead atoms. The number of aliphatic hydroxyl groups is 1. The van der Waals surface area contributed by atoms with E-state index in [2.05, 4.69) is 18.5 Å². The molecule has 0 aromatic heterocycles. The van der Waals surface area contributed by atoms with E-state index in [1.807, 2.05) is 60.7 Å². The van der Waals surface area contributed by atoms with Crippen molar-refractivity contribution in [3.63, 3.8) is 0 Å². The van der Waals surface area contributed by atoms with Crippen LogP contribution in [0.15, 0.2) is 86.0 Å². The predicted octanol–water partition coefficient (Wildman–Crippen LogP) is 4.39.